The Balaban J connectivity index is 1.19. The third-order valence-corrected chi connectivity index (χ3v) is 7.75. The lowest BCUT2D eigenvalue weighted by Crippen LogP contribution is -2.49. The summed E-state index contributed by atoms with van der Waals surface area (Å²) in [6.45, 7) is 12.0. The van der Waals surface area contributed by atoms with Gasteiger partial charge in [0, 0.05) is 61.8 Å². The summed E-state index contributed by atoms with van der Waals surface area (Å²) in [5, 5.41) is 4.30. The minimum Gasteiger partial charge on any atom is -0.354 e. The van der Waals surface area contributed by atoms with E-state index in [4.69, 9.17) is 0 Å². The van der Waals surface area contributed by atoms with Gasteiger partial charge in [-0.1, -0.05) is 0 Å². The first kappa shape index (κ1) is 21.1. The Morgan fingerprint density at radius 2 is 1.79 bits per heavy atom. The molecule has 0 aromatic carbocycles. The summed E-state index contributed by atoms with van der Waals surface area (Å²) < 4.78 is 0. The molecule has 7 heteroatoms. The Bertz CT molecular complexity index is 656. The van der Waals surface area contributed by atoms with E-state index < -0.39 is 0 Å². The van der Waals surface area contributed by atoms with Crippen molar-refractivity contribution in [3.8, 4) is 0 Å². The first-order valence-corrected chi connectivity index (χ1v) is 12.4. The van der Waals surface area contributed by atoms with E-state index in [0.29, 0.717) is 6.04 Å². The number of likely N-dealkylation sites (tertiary alicyclic amines) is 2. The van der Waals surface area contributed by atoms with Crippen molar-refractivity contribution in [2.24, 2.45) is 5.92 Å². The molecule has 3 aliphatic heterocycles. The Kier molecular flexibility index (Phi) is 7.08. The molecule has 0 bridgehead atoms. The van der Waals surface area contributed by atoms with Gasteiger partial charge < -0.3 is 15.1 Å². The highest BCUT2D eigenvalue weighted by atomic mass is 32.1. The van der Waals surface area contributed by atoms with Gasteiger partial charge in [-0.15, -0.1) is 11.3 Å². The van der Waals surface area contributed by atoms with Crippen LogP contribution in [0.15, 0.2) is 6.20 Å². The second-order valence-corrected chi connectivity index (χ2v) is 10.4. The number of carbonyl (C=O) groups excluding carboxylic acids is 1. The molecule has 4 heterocycles. The summed E-state index contributed by atoms with van der Waals surface area (Å²) in [5.74, 6) is 0.470. The van der Waals surface area contributed by atoms with E-state index in [-0.39, 0.29) is 17.9 Å². The maximum Gasteiger partial charge on any atom is 0.223 e. The molecule has 0 atom stereocenters. The van der Waals surface area contributed by atoms with Gasteiger partial charge in [0.05, 0.1) is 0 Å². The molecule has 3 fully saturated rings. The summed E-state index contributed by atoms with van der Waals surface area (Å²) in [4.78, 5) is 26.0. The van der Waals surface area contributed by atoms with Crippen LogP contribution in [0.5, 0.6) is 0 Å². The normalized spacial score (nSPS) is 23.2. The van der Waals surface area contributed by atoms with Gasteiger partial charge in [0.25, 0.3) is 0 Å². The third kappa shape index (κ3) is 5.50. The zero-order chi connectivity index (χ0) is 20.2. The molecule has 3 saturated heterocycles. The van der Waals surface area contributed by atoms with E-state index in [1.165, 1.54) is 61.9 Å². The van der Waals surface area contributed by atoms with Gasteiger partial charge in [0.2, 0.25) is 5.91 Å². The predicted molar refractivity (Wildman–Crippen MR) is 119 cm³/mol. The lowest BCUT2D eigenvalue weighted by atomic mass is 9.92. The molecule has 0 unspecified atom stereocenters. The highest BCUT2D eigenvalue weighted by Crippen LogP contribution is 2.28. The summed E-state index contributed by atoms with van der Waals surface area (Å²) in [7, 11) is 0. The molecular formula is C22H37N5OS. The van der Waals surface area contributed by atoms with Crippen molar-refractivity contribution in [1.82, 2.24) is 20.1 Å². The molecule has 1 amide bonds. The zero-order valence-corrected chi connectivity index (χ0v) is 18.9. The highest BCUT2D eigenvalue weighted by Gasteiger charge is 2.31. The van der Waals surface area contributed by atoms with Crippen LogP contribution in [-0.4, -0.2) is 72.0 Å². The first-order valence-electron chi connectivity index (χ1n) is 11.5. The van der Waals surface area contributed by atoms with Crippen LogP contribution in [0.4, 0.5) is 5.13 Å². The van der Waals surface area contributed by atoms with Crippen LogP contribution in [0.3, 0.4) is 0 Å². The fourth-order valence-electron chi connectivity index (χ4n) is 5.02. The smallest absolute Gasteiger partial charge is 0.223 e. The lowest BCUT2D eigenvalue weighted by molar-refractivity contribution is -0.127. The summed E-state index contributed by atoms with van der Waals surface area (Å²) in [6, 6.07) is 0.941. The largest absolute Gasteiger partial charge is 0.354 e. The maximum absolute atomic E-state index is 12.3. The van der Waals surface area contributed by atoms with E-state index in [1.54, 1.807) is 0 Å². The Morgan fingerprint density at radius 3 is 2.45 bits per heavy atom. The number of carbonyl (C=O) groups is 1. The van der Waals surface area contributed by atoms with Crippen molar-refractivity contribution in [3.63, 3.8) is 0 Å². The maximum atomic E-state index is 12.3. The SMILES string of the molecule is CC(C)NC(=O)C1CCN(C2CCN(Cc3cnc(N4CCCC4)s3)CC2)CC1. The number of nitrogens with zero attached hydrogens (tertiary/aromatic N) is 4. The number of amides is 1. The number of hydrogen-bond acceptors (Lipinski definition) is 6. The van der Waals surface area contributed by atoms with Crippen LogP contribution in [0.25, 0.3) is 0 Å². The molecule has 0 saturated carbocycles. The lowest BCUT2D eigenvalue weighted by Gasteiger charge is -2.41. The average Bonchev–Trinajstić information content (AvgIpc) is 3.40. The van der Waals surface area contributed by atoms with Gasteiger partial charge in [-0.3, -0.25) is 9.69 Å². The number of hydrogen-bond donors (Lipinski definition) is 1. The molecule has 6 nitrogen and oxygen atoms in total. The number of thiazole rings is 1. The van der Waals surface area contributed by atoms with Crippen molar-refractivity contribution in [2.75, 3.05) is 44.2 Å². The molecular weight excluding hydrogens is 382 g/mol. The number of rotatable bonds is 6. The molecule has 1 aromatic rings. The van der Waals surface area contributed by atoms with Crippen LogP contribution in [0.1, 0.15) is 57.2 Å². The summed E-state index contributed by atoms with van der Waals surface area (Å²) in [6.07, 6.45) is 9.24. The van der Waals surface area contributed by atoms with Crippen LogP contribution >= 0.6 is 11.3 Å². The van der Waals surface area contributed by atoms with Gasteiger partial charge in [-0.25, -0.2) is 4.98 Å². The number of aromatic nitrogens is 1. The molecule has 29 heavy (non-hydrogen) atoms. The second kappa shape index (κ2) is 9.75. The van der Waals surface area contributed by atoms with Crippen molar-refractivity contribution < 1.29 is 4.79 Å². The van der Waals surface area contributed by atoms with Crippen molar-refractivity contribution in [3.05, 3.63) is 11.1 Å². The van der Waals surface area contributed by atoms with E-state index in [0.717, 1.165) is 32.5 Å². The Labute approximate surface area is 179 Å². The fraction of sp³-hybridized carbons (Fsp3) is 0.818. The quantitative estimate of drug-likeness (QED) is 0.768. The van der Waals surface area contributed by atoms with Gasteiger partial charge in [0.1, 0.15) is 0 Å². The average molecular weight is 420 g/mol. The van der Waals surface area contributed by atoms with Gasteiger partial charge >= 0.3 is 0 Å². The number of anilines is 1. The van der Waals surface area contributed by atoms with Gasteiger partial charge in [0.15, 0.2) is 5.13 Å². The molecule has 1 N–H and O–H groups in total. The molecule has 162 valence electrons. The first-order chi connectivity index (χ1) is 14.1. The van der Waals surface area contributed by atoms with E-state index >= 15 is 0 Å². The van der Waals surface area contributed by atoms with Crippen LogP contribution in [0.2, 0.25) is 0 Å². The molecule has 0 radical (unpaired) electrons. The topological polar surface area (TPSA) is 51.7 Å². The molecule has 0 spiro atoms. The fourth-order valence-corrected chi connectivity index (χ4v) is 6.02. The standard InChI is InChI=1S/C22H37N5OS/c1-17(2)24-21(28)18-5-13-26(14-6-18)19-7-11-25(12-8-19)16-20-15-23-22(29-20)27-9-3-4-10-27/h15,17-19H,3-14,16H2,1-2H3,(H,24,28). The number of nitrogens with one attached hydrogen (secondary N) is 1. The second-order valence-electron chi connectivity index (χ2n) is 9.28. The predicted octanol–water partition coefficient (Wildman–Crippen LogP) is 2.94. The van der Waals surface area contributed by atoms with Crippen molar-refractivity contribution >= 4 is 22.4 Å². The Morgan fingerprint density at radius 1 is 1.10 bits per heavy atom. The molecule has 3 aliphatic rings. The monoisotopic (exact) mass is 419 g/mol. The molecule has 4 rings (SSSR count). The van der Waals surface area contributed by atoms with Crippen molar-refractivity contribution in [1.29, 1.82) is 0 Å². The highest BCUT2D eigenvalue weighted by molar-refractivity contribution is 7.15. The summed E-state index contributed by atoms with van der Waals surface area (Å²) in [5.41, 5.74) is 0. The number of piperidine rings is 2. The minimum absolute atomic E-state index is 0.213. The van der Waals surface area contributed by atoms with E-state index in [2.05, 4.69) is 31.2 Å². The van der Waals surface area contributed by atoms with Crippen LogP contribution in [-0.2, 0) is 11.3 Å². The third-order valence-electron chi connectivity index (χ3n) is 6.70. The van der Waals surface area contributed by atoms with E-state index in [9.17, 15) is 4.79 Å². The minimum atomic E-state index is 0.213. The van der Waals surface area contributed by atoms with Crippen molar-refractivity contribution in [2.45, 2.75) is 71.0 Å². The van der Waals surface area contributed by atoms with Gasteiger partial charge in [-0.05, 0) is 65.5 Å². The van der Waals surface area contributed by atoms with Crippen LogP contribution in [0, 0.1) is 5.92 Å². The summed E-state index contributed by atoms with van der Waals surface area (Å²) >= 11 is 1.88. The van der Waals surface area contributed by atoms with Gasteiger partial charge in [-0.2, -0.15) is 0 Å². The van der Waals surface area contributed by atoms with Crippen LogP contribution < -0.4 is 10.2 Å². The molecule has 1 aromatic heterocycles. The zero-order valence-electron chi connectivity index (χ0n) is 18.1. The Hall–Kier alpha value is -1.18. The van der Waals surface area contributed by atoms with E-state index in [1.807, 2.05) is 25.2 Å². The molecule has 0 aliphatic carbocycles.